The summed E-state index contributed by atoms with van der Waals surface area (Å²) < 4.78 is 5.20. The van der Waals surface area contributed by atoms with E-state index in [-0.39, 0.29) is 23.0 Å². The van der Waals surface area contributed by atoms with Crippen molar-refractivity contribution < 1.29 is 23.9 Å². The summed E-state index contributed by atoms with van der Waals surface area (Å²) in [6, 6.07) is 9.17. The molecule has 0 spiro atoms. The van der Waals surface area contributed by atoms with Crippen molar-refractivity contribution in [1.82, 2.24) is 10.6 Å². The van der Waals surface area contributed by atoms with Gasteiger partial charge in [0.05, 0.1) is 10.4 Å². The van der Waals surface area contributed by atoms with Gasteiger partial charge in [-0.05, 0) is 37.3 Å². The minimum absolute atomic E-state index is 0.0656. The molecule has 0 saturated heterocycles. The van der Waals surface area contributed by atoms with Gasteiger partial charge in [0.15, 0.2) is 6.10 Å². The molecule has 1 aromatic heterocycles. The normalized spacial score (nSPS) is 14.8. The zero-order chi connectivity index (χ0) is 20.8. The summed E-state index contributed by atoms with van der Waals surface area (Å²) in [5.74, 6) is -1.82. The number of nitrogens with one attached hydrogen (secondary N) is 2. The number of amides is 3. The maximum atomic E-state index is 12.6. The molecular weight excluding hydrogens is 392 g/mol. The maximum absolute atomic E-state index is 12.6. The lowest BCUT2D eigenvalue weighted by Gasteiger charge is -2.16. The summed E-state index contributed by atoms with van der Waals surface area (Å²) in [5, 5.41) is 6.70. The number of hydrogen-bond donors (Lipinski definition) is 2. The van der Waals surface area contributed by atoms with Gasteiger partial charge in [-0.15, -0.1) is 11.3 Å². The third-order valence-corrected chi connectivity index (χ3v) is 5.59. The van der Waals surface area contributed by atoms with Gasteiger partial charge in [-0.25, -0.2) is 9.59 Å². The van der Waals surface area contributed by atoms with E-state index in [0.29, 0.717) is 4.88 Å². The Morgan fingerprint density at radius 2 is 1.72 bits per heavy atom. The van der Waals surface area contributed by atoms with E-state index in [9.17, 15) is 19.2 Å². The summed E-state index contributed by atoms with van der Waals surface area (Å²) in [6.07, 6.45) is 2.69. The van der Waals surface area contributed by atoms with E-state index in [1.54, 1.807) is 35.7 Å². The second-order valence-electron chi connectivity index (χ2n) is 6.84. The predicted molar refractivity (Wildman–Crippen MR) is 108 cm³/mol. The highest BCUT2D eigenvalue weighted by molar-refractivity contribution is 7.12. The fraction of sp³-hybridized carbons (Fsp3) is 0.333. The van der Waals surface area contributed by atoms with Crippen molar-refractivity contribution in [3.63, 3.8) is 0 Å². The van der Waals surface area contributed by atoms with Crippen molar-refractivity contribution in [3.05, 3.63) is 57.8 Å². The second kappa shape index (κ2) is 9.47. The molecule has 2 N–H and O–H groups in total. The van der Waals surface area contributed by atoms with Gasteiger partial charge in [0.1, 0.15) is 0 Å². The van der Waals surface area contributed by atoms with Crippen LogP contribution >= 0.6 is 11.3 Å². The van der Waals surface area contributed by atoms with E-state index in [0.717, 1.165) is 25.7 Å². The first-order chi connectivity index (χ1) is 14.0. The van der Waals surface area contributed by atoms with Gasteiger partial charge < -0.3 is 10.1 Å². The number of urea groups is 1. The smallest absolute Gasteiger partial charge is 0.339 e. The molecule has 1 aliphatic rings. The first-order valence-corrected chi connectivity index (χ1v) is 10.3. The molecule has 1 atom stereocenters. The van der Waals surface area contributed by atoms with Gasteiger partial charge in [-0.2, -0.15) is 0 Å². The number of carbonyl (C=O) groups is 4. The third kappa shape index (κ3) is 5.29. The van der Waals surface area contributed by atoms with Crippen molar-refractivity contribution >= 4 is 35.0 Å². The molecule has 1 aromatic carbocycles. The van der Waals surface area contributed by atoms with Crippen LogP contribution in [0.3, 0.4) is 0 Å². The van der Waals surface area contributed by atoms with Crippen LogP contribution in [0.5, 0.6) is 0 Å². The molecule has 1 fully saturated rings. The zero-order valence-corrected chi connectivity index (χ0v) is 16.8. The van der Waals surface area contributed by atoms with Gasteiger partial charge in [0.2, 0.25) is 5.78 Å². The Balaban J connectivity index is 1.61. The van der Waals surface area contributed by atoms with Crippen LogP contribution in [0.1, 0.15) is 58.2 Å². The summed E-state index contributed by atoms with van der Waals surface area (Å²) in [5.41, 5.74) is 0.271. The maximum Gasteiger partial charge on any atom is 0.339 e. The van der Waals surface area contributed by atoms with E-state index >= 15 is 0 Å². The van der Waals surface area contributed by atoms with Crippen LogP contribution in [0.15, 0.2) is 41.8 Å². The van der Waals surface area contributed by atoms with E-state index in [1.807, 2.05) is 0 Å². The van der Waals surface area contributed by atoms with Crippen LogP contribution in [-0.4, -0.2) is 35.8 Å². The van der Waals surface area contributed by atoms with E-state index in [2.05, 4.69) is 10.6 Å². The van der Waals surface area contributed by atoms with E-state index in [4.69, 9.17) is 4.74 Å². The Morgan fingerprint density at radius 3 is 2.38 bits per heavy atom. The van der Waals surface area contributed by atoms with Gasteiger partial charge in [-0.3, -0.25) is 14.9 Å². The molecule has 2 aromatic rings. The Hall–Kier alpha value is -3.00. The molecule has 1 aliphatic carbocycles. The molecule has 29 heavy (non-hydrogen) atoms. The number of ketones is 1. The molecule has 0 unspecified atom stereocenters. The molecular formula is C21H22N2O5S. The Morgan fingerprint density at radius 1 is 1.03 bits per heavy atom. The zero-order valence-electron chi connectivity index (χ0n) is 16.0. The highest BCUT2D eigenvalue weighted by Gasteiger charge is 2.25. The van der Waals surface area contributed by atoms with E-state index in [1.165, 1.54) is 24.3 Å². The number of benzene rings is 1. The minimum atomic E-state index is -1.19. The first kappa shape index (κ1) is 20.7. The molecule has 1 saturated carbocycles. The quantitative estimate of drug-likeness (QED) is 0.558. The summed E-state index contributed by atoms with van der Waals surface area (Å²) in [4.78, 5) is 49.8. The van der Waals surface area contributed by atoms with Crippen LogP contribution in [-0.2, 0) is 9.53 Å². The predicted octanol–water partition coefficient (Wildman–Crippen LogP) is 3.29. The molecule has 0 bridgehead atoms. The van der Waals surface area contributed by atoms with Crippen molar-refractivity contribution in [2.75, 3.05) is 0 Å². The first-order valence-electron chi connectivity index (χ1n) is 9.45. The van der Waals surface area contributed by atoms with E-state index < -0.39 is 24.0 Å². The van der Waals surface area contributed by atoms with Gasteiger partial charge in [0.25, 0.3) is 5.91 Å². The SMILES string of the molecule is C[C@@H](OC(=O)c1ccccc1C(=O)c1cccs1)C(=O)NC(=O)NC1CCCC1. The largest absolute Gasteiger partial charge is 0.449 e. The monoisotopic (exact) mass is 414 g/mol. The number of ether oxygens (including phenoxy) is 1. The van der Waals surface area contributed by atoms with Crippen LogP contribution in [0.4, 0.5) is 4.79 Å². The molecule has 1 heterocycles. The lowest BCUT2D eigenvalue weighted by Crippen LogP contribution is -2.47. The fourth-order valence-electron chi connectivity index (χ4n) is 3.18. The Labute approximate surface area is 172 Å². The highest BCUT2D eigenvalue weighted by atomic mass is 32.1. The van der Waals surface area contributed by atoms with Crippen LogP contribution in [0.25, 0.3) is 0 Å². The summed E-state index contributed by atoms with van der Waals surface area (Å²) in [7, 11) is 0. The lowest BCUT2D eigenvalue weighted by molar-refractivity contribution is -0.127. The third-order valence-electron chi connectivity index (χ3n) is 4.72. The van der Waals surface area contributed by atoms with Crippen molar-refractivity contribution in [3.8, 4) is 0 Å². The lowest BCUT2D eigenvalue weighted by atomic mass is 10.0. The molecule has 8 heteroatoms. The molecule has 0 aliphatic heterocycles. The van der Waals surface area contributed by atoms with Gasteiger partial charge >= 0.3 is 12.0 Å². The number of carbonyl (C=O) groups excluding carboxylic acids is 4. The number of rotatable bonds is 6. The van der Waals surface area contributed by atoms with Crippen molar-refractivity contribution in [1.29, 1.82) is 0 Å². The molecule has 0 radical (unpaired) electrons. The molecule has 7 nitrogen and oxygen atoms in total. The van der Waals surface area contributed by atoms with Crippen molar-refractivity contribution in [2.24, 2.45) is 0 Å². The fourth-order valence-corrected chi connectivity index (χ4v) is 3.86. The summed E-state index contributed by atoms with van der Waals surface area (Å²) in [6.45, 7) is 1.37. The van der Waals surface area contributed by atoms with Crippen molar-refractivity contribution in [2.45, 2.75) is 44.8 Å². The number of thiophene rings is 1. The summed E-state index contributed by atoms with van der Waals surface area (Å²) >= 11 is 1.27. The number of hydrogen-bond acceptors (Lipinski definition) is 6. The highest BCUT2D eigenvalue weighted by Crippen LogP contribution is 2.20. The average molecular weight is 414 g/mol. The topological polar surface area (TPSA) is 102 Å². The van der Waals surface area contributed by atoms with Crippen LogP contribution in [0, 0.1) is 0 Å². The number of esters is 1. The molecule has 3 rings (SSSR count). The second-order valence-corrected chi connectivity index (χ2v) is 7.79. The van der Waals surface area contributed by atoms with Gasteiger partial charge in [0, 0.05) is 11.6 Å². The Bertz CT molecular complexity index is 904. The van der Waals surface area contributed by atoms with Crippen LogP contribution < -0.4 is 10.6 Å². The van der Waals surface area contributed by atoms with Crippen LogP contribution in [0.2, 0.25) is 0 Å². The minimum Gasteiger partial charge on any atom is -0.449 e. The standard InChI is InChI=1S/C21H22N2O5S/c1-13(19(25)23-21(27)22-14-7-2-3-8-14)28-20(26)16-10-5-4-9-15(16)18(24)17-11-6-12-29-17/h4-6,9-14H,2-3,7-8H2,1H3,(H2,22,23,25,27)/t13-/m1/s1. The number of imide groups is 1. The Kier molecular flexibility index (Phi) is 6.77. The van der Waals surface area contributed by atoms with Gasteiger partial charge in [-0.1, -0.05) is 37.1 Å². The molecule has 3 amide bonds. The average Bonchev–Trinajstić information content (AvgIpc) is 3.41. The molecule has 152 valence electrons.